The predicted octanol–water partition coefficient (Wildman–Crippen LogP) is 7.87. The molecule has 5 rings (SSSR count). The molecule has 33 heavy (non-hydrogen) atoms. The van der Waals surface area contributed by atoms with Crippen molar-refractivity contribution in [3.63, 3.8) is 0 Å². The van der Waals surface area contributed by atoms with E-state index in [4.69, 9.17) is 4.74 Å². The lowest BCUT2D eigenvalue weighted by molar-refractivity contribution is -0.288. The molecule has 0 aromatic rings. The molecule has 5 saturated carbocycles. The van der Waals surface area contributed by atoms with E-state index in [9.17, 15) is 5.11 Å². The summed E-state index contributed by atoms with van der Waals surface area (Å²) < 4.78 is 6.19. The molecule has 11 unspecified atom stereocenters. The van der Waals surface area contributed by atoms with Crippen LogP contribution in [-0.2, 0) is 4.74 Å². The van der Waals surface area contributed by atoms with Crippen LogP contribution in [0.1, 0.15) is 120 Å². The molecule has 2 nitrogen and oxygen atoms in total. The summed E-state index contributed by atoms with van der Waals surface area (Å²) in [4.78, 5) is 0. The summed E-state index contributed by atoms with van der Waals surface area (Å²) in [6, 6.07) is 0. The van der Waals surface area contributed by atoms with Gasteiger partial charge in [0.05, 0.1) is 11.7 Å². The summed E-state index contributed by atoms with van der Waals surface area (Å²) in [5.41, 5.74) is 1.46. The van der Waals surface area contributed by atoms with E-state index in [1.165, 1.54) is 57.8 Å². The minimum Gasteiger partial charge on any atom is -0.390 e. The van der Waals surface area contributed by atoms with Crippen LogP contribution in [0.5, 0.6) is 0 Å². The van der Waals surface area contributed by atoms with Crippen molar-refractivity contribution in [1.29, 1.82) is 0 Å². The maximum Gasteiger partial charge on any atom is 0.0964 e. The zero-order valence-corrected chi connectivity index (χ0v) is 23.4. The zero-order chi connectivity index (χ0) is 24.2. The Balaban J connectivity index is 1.53. The Morgan fingerprint density at radius 2 is 1.15 bits per heavy atom. The highest BCUT2D eigenvalue weighted by Crippen LogP contribution is 2.79. The second-order valence-electron chi connectivity index (χ2n) is 15.3. The Morgan fingerprint density at radius 3 is 1.73 bits per heavy atom. The number of aliphatic hydroxyl groups is 1. The predicted molar refractivity (Wildman–Crippen MR) is 137 cm³/mol. The van der Waals surface area contributed by atoms with E-state index in [-0.39, 0.29) is 11.5 Å². The van der Waals surface area contributed by atoms with Gasteiger partial charge in [-0.1, -0.05) is 48.5 Å². The van der Waals surface area contributed by atoms with Crippen LogP contribution >= 0.6 is 0 Å². The SMILES string of the molecule is COC1(C)C(O)CCC2C3(C)CCC4(C)C5CCC(C(C)C)C5(C)CCC4(C)C3CCC21C. The van der Waals surface area contributed by atoms with Gasteiger partial charge in [0.1, 0.15) is 0 Å². The molecule has 0 saturated heterocycles. The quantitative estimate of drug-likeness (QED) is 0.456. The second kappa shape index (κ2) is 7.24. The summed E-state index contributed by atoms with van der Waals surface area (Å²) in [5.74, 6) is 4.08. The Bertz CT molecular complexity index is 792. The summed E-state index contributed by atoms with van der Waals surface area (Å²) in [5, 5.41) is 11.1. The van der Waals surface area contributed by atoms with Crippen molar-refractivity contribution in [1.82, 2.24) is 0 Å². The Morgan fingerprint density at radius 1 is 0.636 bits per heavy atom. The molecule has 0 heterocycles. The fourth-order valence-electron chi connectivity index (χ4n) is 12.4. The van der Waals surface area contributed by atoms with Gasteiger partial charge in [0.25, 0.3) is 0 Å². The summed E-state index contributed by atoms with van der Waals surface area (Å²) in [6.45, 7) is 20.5. The zero-order valence-electron chi connectivity index (χ0n) is 23.4. The minimum absolute atomic E-state index is 0.0635. The van der Waals surface area contributed by atoms with Crippen LogP contribution in [0.25, 0.3) is 0 Å². The van der Waals surface area contributed by atoms with Gasteiger partial charge in [-0.3, -0.25) is 0 Å². The van der Waals surface area contributed by atoms with Crippen LogP contribution in [0.2, 0.25) is 0 Å². The summed E-state index contributed by atoms with van der Waals surface area (Å²) >= 11 is 0. The van der Waals surface area contributed by atoms with Gasteiger partial charge < -0.3 is 9.84 Å². The van der Waals surface area contributed by atoms with Gasteiger partial charge in [-0.25, -0.2) is 0 Å². The molecule has 0 amide bonds. The van der Waals surface area contributed by atoms with Gasteiger partial charge in [0.2, 0.25) is 0 Å². The second-order valence-corrected chi connectivity index (χ2v) is 15.3. The summed E-state index contributed by atoms with van der Waals surface area (Å²) in [6.07, 6.45) is 12.8. The molecule has 0 bridgehead atoms. The van der Waals surface area contributed by atoms with Crippen LogP contribution in [0.4, 0.5) is 0 Å². The highest BCUT2D eigenvalue weighted by molar-refractivity contribution is 5.22. The lowest BCUT2D eigenvalue weighted by Crippen LogP contribution is -2.70. The topological polar surface area (TPSA) is 29.5 Å². The molecule has 5 fully saturated rings. The first-order chi connectivity index (χ1) is 15.2. The van der Waals surface area contributed by atoms with Crippen molar-refractivity contribution in [3.05, 3.63) is 0 Å². The number of hydrogen-bond acceptors (Lipinski definition) is 2. The molecule has 0 radical (unpaired) electrons. The Labute approximate surface area is 205 Å². The van der Waals surface area contributed by atoms with Gasteiger partial charge >= 0.3 is 0 Å². The van der Waals surface area contributed by atoms with E-state index in [2.05, 4.69) is 55.4 Å². The van der Waals surface area contributed by atoms with Gasteiger partial charge in [0, 0.05) is 12.5 Å². The first-order valence-corrected chi connectivity index (χ1v) is 14.5. The van der Waals surface area contributed by atoms with Gasteiger partial charge in [-0.15, -0.1) is 0 Å². The number of fused-ring (bicyclic) bond motifs is 7. The van der Waals surface area contributed by atoms with E-state index in [0.29, 0.717) is 27.6 Å². The van der Waals surface area contributed by atoms with Crippen LogP contribution < -0.4 is 0 Å². The van der Waals surface area contributed by atoms with Gasteiger partial charge in [-0.2, -0.15) is 0 Å². The van der Waals surface area contributed by atoms with Crippen molar-refractivity contribution in [2.45, 2.75) is 131 Å². The number of hydrogen-bond donors (Lipinski definition) is 1. The van der Waals surface area contributed by atoms with Crippen LogP contribution in [0.15, 0.2) is 0 Å². The molecule has 11 atom stereocenters. The summed E-state index contributed by atoms with van der Waals surface area (Å²) in [7, 11) is 1.84. The monoisotopic (exact) mass is 458 g/mol. The van der Waals surface area contributed by atoms with E-state index >= 15 is 0 Å². The molecule has 0 aliphatic heterocycles. The third-order valence-corrected chi connectivity index (χ3v) is 14.7. The van der Waals surface area contributed by atoms with Crippen LogP contribution in [-0.4, -0.2) is 23.9 Å². The molecule has 190 valence electrons. The molecule has 0 spiro atoms. The van der Waals surface area contributed by atoms with Gasteiger partial charge in [-0.05, 0) is 122 Å². The Hall–Kier alpha value is -0.0800. The smallest absolute Gasteiger partial charge is 0.0964 e. The van der Waals surface area contributed by atoms with E-state index in [0.717, 1.165) is 30.1 Å². The molecule has 2 heteroatoms. The van der Waals surface area contributed by atoms with E-state index in [1.807, 2.05) is 7.11 Å². The van der Waals surface area contributed by atoms with E-state index in [1.54, 1.807) is 0 Å². The molecule has 1 N–H and O–H groups in total. The van der Waals surface area contributed by atoms with Crippen molar-refractivity contribution in [2.24, 2.45) is 56.7 Å². The maximum absolute atomic E-state index is 11.1. The average Bonchev–Trinajstić information content (AvgIpc) is 3.11. The molecular formula is C31H54O2. The number of rotatable bonds is 2. The molecule has 5 aliphatic rings. The standard InChI is InChI=1S/C31H54O2/c1-20(2)21-10-11-22-26(21,3)16-18-29(6)24-14-15-30(7)23(12-13-25(32)31(30,8)33-9)27(24,4)17-19-28(22,29)5/h20-25,32H,10-19H2,1-9H3. The van der Waals surface area contributed by atoms with Crippen molar-refractivity contribution in [2.75, 3.05) is 7.11 Å². The lowest BCUT2D eigenvalue weighted by atomic mass is 9.31. The normalized spacial score (nSPS) is 60.6. The largest absolute Gasteiger partial charge is 0.390 e. The maximum atomic E-state index is 11.1. The first-order valence-electron chi connectivity index (χ1n) is 14.5. The van der Waals surface area contributed by atoms with Crippen molar-refractivity contribution >= 4 is 0 Å². The third-order valence-electron chi connectivity index (χ3n) is 14.7. The highest BCUT2D eigenvalue weighted by Gasteiger charge is 2.73. The molecule has 0 aromatic heterocycles. The lowest BCUT2D eigenvalue weighted by Gasteiger charge is -2.74. The van der Waals surface area contributed by atoms with Gasteiger partial charge in [0.15, 0.2) is 0 Å². The van der Waals surface area contributed by atoms with E-state index < -0.39 is 5.60 Å². The van der Waals surface area contributed by atoms with Crippen molar-refractivity contribution < 1.29 is 9.84 Å². The third kappa shape index (κ3) is 2.70. The molecular weight excluding hydrogens is 404 g/mol. The number of ether oxygens (including phenoxy) is 1. The van der Waals surface area contributed by atoms with Crippen LogP contribution in [0.3, 0.4) is 0 Å². The molecule has 0 aromatic carbocycles. The number of methoxy groups -OCH3 is 1. The van der Waals surface area contributed by atoms with Crippen LogP contribution in [0, 0.1) is 56.7 Å². The number of aliphatic hydroxyl groups excluding tert-OH is 1. The highest BCUT2D eigenvalue weighted by atomic mass is 16.5. The Kier molecular flexibility index (Phi) is 5.40. The van der Waals surface area contributed by atoms with Crippen molar-refractivity contribution in [3.8, 4) is 0 Å². The molecule has 5 aliphatic carbocycles. The first kappa shape index (κ1) is 24.6. The fraction of sp³-hybridized carbons (Fsp3) is 1.00. The fourth-order valence-corrected chi connectivity index (χ4v) is 12.4. The minimum atomic E-state index is -0.424. The average molecular weight is 459 g/mol.